The van der Waals surface area contributed by atoms with Crippen molar-refractivity contribution in [2.24, 2.45) is 0 Å². The van der Waals surface area contributed by atoms with Gasteiger partial charge < -0.3 is 4.74 Å². The second-order valence-corrected chi connectivity index (χ2v) is 4.66. The van der Waals surface area contributed by atoms with Crippen LogP contribution in [0.1, 0.15) is 38.3 Å². The van der Waals surface area contributed by atoms with Gasteiger partial charge in [-0.15, -0.1) is 0 Å². The molecular formula is C17H25NO2. The SMILES string of the molecule is C=CCOC(=O)CCC(c1ccccc1)N(CC)CC. The number of esters is 1. The molecule has 0 aliphatic rings. The smallest absolute Gasteiger partial charge is 0.306 e. The summed E-state index contributed by atoms with van der Waals surface area (Å²) in [6, 6.07) is 10.6. The number of ether oxygens (including phenoxy) is 1. The Bertz CT molecular complexity index is 399. The molecular weight excluding hydrogens is 250 g/mol. The maximum Gasteiger partial charge on any atom is 0.306 e. The van der Waals surface area contributed by atoms with Gasteiger partial charge in [0.15, 0.2) is 0 Å². The Morgan fingerprint density at radius 3 is 2.50 bits per heavy atom. The van der Waals surface area contributed by atoms with Crippen LogP contribution in [-0.4, -0.2) is 30.6 Å². The number of carbonyl (C=O) groups is 1. The molecule has 0 aliphatic heterocycles. The lowest BCUT2D eigenvalue weighted by molar-refractivity contribution is -0.142. The Labute approximate surface area is 122 Å². The van der Waals surface area contributed by atoms with Crippen molar-refractivity contribution in [2.75, 3.05) is 19.7 Å². The maximum atomic E-state index is 11.6. The Morgan fingerprint density at radius 1 is 1.30 bits per heavy atom. The van der Waals surface area contributed by atoms with Crippen LogP contribution < -0.4 is 0 Å². The van der Waals surface area contributed by atoms with Crippen molar-refractivity contribution in [3.8, 4) is 0 Å². The highest BCUT2D eigenvalue weighted by atomic mass is 16.5. The fourth-order valence-corrected chi connectivity index (χ4v) is 2.38. The van der Waals surface area contributed by atoms with E-state index in [1.807, 2.05) is 18.2 Å². The summed E-state index contributed by atoms with van der Waals surface area (Å²) in [6.07, 6.45) is 2.81. The Balaban J connectivity index is 2.69. The third kappa shape index (κ3) is 5.17. The van der Waals surface area contributed by atoms with E-state index in [2.05, 4.69) is 37.5 Å². The molecule has 0 saturated carbocycles. The third-order valence-corrected chi connectivity index (χ3v) is 3.42. The van der Waals surface area contributed by atoms with E-state index in [0.717, 1.165) is 19.5 Å². The van der Waals surface area contributed by atoms with Crippen LogP contribution in [0.2, 0.25) is 0 Å². The first-order valence-corrected chi connectivity index (χ1v) is 7.28. The molecule has 1 aromatic rings. The molecule has 0 fully saturated rings. The van der Waals surface area contributed by atoms with Crippen molar-refractivity contribution in [2.45, 2.75) is 32.7 Å². The average Bonchev–Trinajstić information content (AvgIpc) is 2.50. The van der Waals surface area contributed by atoms with Crippen molar-refractivity contribution in [1.29, 1.82) is 0 Å². The second kappa shape index (κ2) is 9.32. The van der Waals surface area contributed by atoms with E-state index in [-0.39, 0.29) is 12.0 Å². The fraction of sp³-hybridized carbons (Fsp3) is 0.471. The predicted molar refractivity (Wildman–Crippen MR) is 82.5 cm³/mol. The molecule has 1 rings (SSSR count). The summed E-state index contributed by atoms with van der Waals surface area (Å²) >= 11 is 0. The van der Waals surface area contributed by atoms with Gasteiger partial charge in [-0.2, -0.15) is 0 Å². The molecule has 20 heavy (non-hydrogen) atoms. The highest BCUT2D eigenvalue weighted by Gasteiger charge is 2.19. The van der Waals surface area contributed by atoms with Crippen molar-refractivity contribution in [1.82, 2.24) is 4.90 Å². The highest BCUT2D eigenvalue weighted by Crippen LogP contribution is 2.25. The van der Waals surface area contributed by atoms with Crippen molar-refractivity contribution in [3.05, 3.63) is 48.6 Å². The third-order valence-electron chi connectivity index (χ3n) is 3.42. The summed E-state index contributed by atoms with van der Waals surface area (Å²) in [7, 11) is 0. The monoisotopic (exact) mass is 275 g/mol. The average molecular weight is 275 g/mol. The lowest BCUT2D eigenvalue weighted by Crippen LogP contribution is -2.29. The zero-order valence-electron chi connectivity index (χ0n) is 12.5. The molecule has 3 nitrogen and oxygen atoms in total. The quantitative estimate of drug-likeness (QED) is 0.509. The highest BCUT2D eigenvalue weighted by molar-refractivity contribution is 5.69. The van der Waals surface area contributed by atoms with Crippen molar-refractivity contribution in [3.63, 3.8) is 0 Å². The van der Waals surface area contributed by atoms with Crippen LogP contribution >= 0.6 is 0 Å². The van der Waals surface area contributed by atoms with Gasteiger partial charge in [0.05, 0.1) is 0 Å². The van der Waals surface area contributed by atoms with Crippen LogP contribution in [0.25, 0.3) is 0 Å². The molecule has 1 atom stereocenters. The van der Waals surface area contributed by atoms with Gasteiger partial charge in [-0.1, -0.05) is 56.8 Å². The lowest BCUT2D eigenvalue weighted by atomic mass is 10.00. The summed E-state index contributed by atoms with van der Waals surface area (Å²) in [5.41, 5.74) is 1.26. The van der Waals surface area contributed by atoms with Gasteiger partial charge >= 0.3 is 5.97 Å². The topological polar surface area (TPSA) is 29.5 Å². The second-order valence-electron chi connectivity index (χ2n) is 4.66. The molecule has 0 radical (unpaired) electrons. The molecule has 0 amide bonds. The predicted octanol–water partition coefficient (Wildman–Crippen LogP) is 3.58. The lowest BCUT2D eigenvalue weighted by Gasteiger charge is -2.30. The number of hydrogen-bond donors (Lipinski definition) is 0. The first-order valence-electron chi connectivity index (χ1n) is 7.28. The molecule has 3 heteroatoms. The zero-order chi connectivity index (χ0) is 14.8. The Morgan fingerprint density at radius 2 is 1.95 bits per heavy atom. The zero-order valence-corrected chi connectivity index (χ0v) is 12.5. The number of nitrogens with zero attached hydrogens (tertiary/aromatic N) is 1. The number of hydrogen-bond acceptors (Lipinski definition) is 3. The molecule has 0 heterocycles. The summed E-state index contributed by atoms with van der Waals surface area (Å²) in [4.78, 5) is 14.0. The van der Waals surface area contributed by atoms with Gasteiger partial charge in [-0.3, -0.25) is 9.69 Å². The summed E-state index contributed by atoms with van der Waals surface area (Å²) in [5, 5.41) is 0. The molecule has 1 unspecified atom stereocenters. The molecule has 0 N–H and O–H groups in total. The molecule has 0 bridgehead atoms. The van der Waals surface area contributed by atoms with Crippen LogP contribution in [0, 0.1) is 0 Å². The largest absolute Gasteiger partial charge is 0.461 e. The van der Waals surface area contributed by atoms with Crippen LogP contribution in [0.5, 0.6) is 0 Å². The summed E-state index contributed by atoms with van der Waals surface area (Å²) < 4.78 is 5.05. The van der Waals surface area contributed by atoms with Gasteiger partial charge in [0, 0.05) is 12.5 Å². The standard InChI is InChI=1S/C17H25NO2/c1-4-14-20-17(19)13-12-16(18(5-2)6-3)15-10-8-7-9-11-15/h4,7-11,16H,1,5-6,12-14H2,2-3H3. The van der Waals surface area contributed by atoms with Crippen molar-refractivity contribution >= 4 is 5.97 Å². The minimum Gasteiger partial charge on any atom is -0.461 e. The maximum absolute atomic E-state index is 11.6. The molecule has 0 aromatic heterocycles. The van der Waals surface area contributed by atoms with E-state index in [1.165, 1.54) is 5.56 Å². The van der Waals surface area contributed by atoms with Crippen LogP contribution in [-0.2, 0) is 9.53 Å². The van der Waals surface area contributed by atoms with Gasteiger partial charge in [-0.05, 0) is 25.1 Å². The van der Waals surface area contributed by atoms with Gasteiger partial charge in [0.25, 0.3) is 0 Å². The minimum atomic E-state index is -0.155. The van der Waals surface area contributed by atoms with E-state index >= 15 is 0 Å². The van der Waals surface area contributed by atoms with Crippen LogP contribution in [0.15, 0.2) is 43.0 Å². The van der Waals surface area contributed by atoms with Crippen LogP contribution in [0.3, 0.4) is 0 Å². The van der Waals surface area contributed by atoms with Gasteiger partial charge in [0.1, 0.15) is 6.61 Å². The summed E-state index contributed by atoms with van der Waals surface area (Å²) in [6.45, 7) is 10.1. The van der Waals surface area contributed by atoms with E-state index in [1.54, 1.807) is 6.08 Å². The fourth-order valence-electron chi connectivity index (χ4n) is 2.38. The van der Waals surface area contributed by atoms with E-state index in [9.17, 15) is 4.79 Å². The van der Waals surface area contributed by atoms with Crippen molar-refractivity contribution < 1.29 is 9.53 Å². The number of rotatable bonds is 9. The van der Waals surface area contributed by atoms with Gasteiger partial charge in [0.2, 0.25) is 0 Å². The minimum absolute atomic E-state index is 0.155. The molecule has 1 aromatic carbocycles. The van der Waals surface area contributed by atoms with E-state index in [0.29, 0.717) is 13.0 Å². The number of carbonyl (C=O) groups excluding carboxylic acids is 1. The first-order chi connectivity index (χ1) is 9.72. The van der Waals surface area contributed by atoms with Gasteiger partial charge in [-0.25, -0.2) is 0 Å². The number of benzene rings is 1. The molecule has 0 aliphatic carbocycles. The van der Waals surface area contributed by atoms with Crippen LogP contribution in [0.4, 0.5) is 0 Å². The Kier molecular flexibility index (Phi) is 7.66. The molecule has 0 saturated heterocycles. The first kappa shape index (κ1) is 16.4. The van der Waals surface area contributed by atoms with E-state index < -0.39 is 0 Å². The molecule has 110 valence electrons. The molecule has 0 spiro atoms. The Hall–Kier alpha value is -1.61. The summed E-state index contributed by atoms with van der Waals surface area (Å²) in [5.74, 6) is -0.155. The van der Waals surface area contributed by atoms with E-state index in [4.69, 9.17) is 4.74 Å². The normalized spacial score (nSPS) is 12.2.